The van der Waals surface area contributed by atoms with Gasteiger partial charge in [-0.1, -0.05) is 0 Å². The Bertz CT molecular complexity index is 1260. The second kappa shape index (κ2) is 12.1. The third-order valence-corrected chi connectivity index (χ3v) is 3.96. The molecule has 0 spiro atoms. The first-order valence-corrected chi connectivity index (χ1v) is 9.62. The molecule has 2 heterocycles. The summed E-state index contributed by atoms with van der Waals surface area (Å²) in [6.07, 6.45) is -6.37. The summed E-state index contributed by atoms with van der Waals surface area (Å²) in [6.45, 7) is 0. The van der Waals surface area contributed by atoms with E-state index in [0.717, 1.165) is 49.1 Å². The predicted octanol–water partition coefficient (Wildman–Crippen LogP) is 3.87. The van der Waals surface area contributed by atoms with Gasteiger partial charge in [0.25, 0.3) is 5.91 Å². The number of H-pyrrole nitrogens is 2. The van der Waals surface area contributed by atoms with Gasteiger partial charge in [-0.25, -0.2) is 14.8 Å². The number of nitrogens with two attached hydrogens (primary N) is 1. The number of aromatic amines is 2. The van der Waals surface area contributed by atoms with Gasteiger partial charge in [0.15, 0.2) is 0 Å². The van der Waals surface area contributed by atoms with Gasteiger partial charge in [-0.3, -0.25) is 15.0 Å². The van der Waals surface area contributed by atoms with Crippen LogP contribution in [-0.2, 0) is 12.4 Å². The number of carboxylic acid groups (broad SMARTS) is 1. The molecule has 2 aromatic heterocycles. The molecule has 0 bridgehead atoms. The van der Waals surface area contributed by atoms with Crippen molar-refractivity contribution in [3.8, 4) is 0 Å². The molecular weight excluding hydrogens is 514 g/mol. The number of amides is 1. The van der Waals surface area contributed by atoms with E-state index in [1.807, 2.05) is 0 Å². The maximum atomic E-state index is 12.3. The van der Waals surface area contributed by atoms with Crippen molar-refractivity contribution in [2.45, 2.75) is 12.4 Å². The minimum atomic E-state index is -4.40. The molecule has 0 radical (unpaired) electrons. The summed E-state index contributed by atoms with van der Waals surface area (Å²) in [7, 11) is 0. The zero-order valence-electron chi connectivity index (χ0n) is 18.2. The summed E-state index contributed by atoms with van der Waals surface area (Å²) >= 11 is 0. The smallest absolute Gasteiger partial charge is 0.416 e. The fraction of sp³-hybridized carbons (Fsp3) is 0.100. The SMILES string of the molecule is Nc1ccc(C(F)(F)F)cc1.O=C(Nc1ccc(C(F)(F)F)cc1)c1ncn[nH]1.O=C(O)c1ncn[nH]1. The van der Waals surface area contributed by atoms with E-state index in [0.29, 0.717) is 5.69 Å². The number of nitrogen functional groups attached to an aromatic ring is 1. The maximum absolute atomic E-state index is 12.3. The summed E-state index contributed by atoms with van der Waals surface area (Å²) < 4.78 is 72.5. The molecule has 0 saturated heterocycles. The number of hydrogen-bond donors (Lipinski definition) is 5. The van der Waals surface area contributed by atoms with Crippen molar-refractivity contribution in [2.24, 2.45) is 0 Å². The first kappa shape index (κ1) is 28.3. The van der Waals surface area contributed by atoms with E-state index in [-0.39, 0.29) is 17.3 Å². The molecule has 0 saturated carbocycles. The molecule has 0 aliphatic heterocycles. The number of rotatable bonds is 3. The number of halogens is 6. The van der Waals surface area contributed by atoms with Crippen molar-refractivity contribution in [1.29, 1.82) is 0 Å². The van der Waals surface area contributed by atoms with Gasteiger partial charge < -0.3 is 16.2 Å². The number of nitrogens with one attached hydrogen (secondary N) is 3. The van der Waals surface area contributed by atoms with Crippen molar-refractivity contribution in [2.75, 3.05) is 11.1 Å². The van der Waals surface area contributed by atoms with Gasteiger partial charge in [0.1, 0.15) is 12.7 Å². The zero-order chi connectivity index (χ0) is 27.6. The van der Waals surface area contributed by atoms with Crippen LogP contribution in [0.1, 0.15) is 32.4 Å². The van der Waals surface area contributed by atoms with Gasteiger partial charge >= 0.3 is 18.3 Å². The van der Waals surface area contributed by atoms with Crippen LogP contribution in [0.3, 0.4) is 0 Å². The lowest BCUT2D eigenvalue weighted by Crippen LogP contribution is -2.14. The molecule has 11 nitrogen and oxygen atoms in total. The molecule has 0 unspecified atom stereocenters. The average molecular weight is 530 g/mol. The molecule has 4 rings (SSSR count). The number of aromatic carboxylic acids is 1. The minimum absolute atomic E-state index is 0.0186. The highest BCUT2D eigenvalue weighted by molar-refractivity contribution is 6.01. The molecule has 37 heavy (non-hydrogen) atoms. The molecule has 17 heteroatoms. The van der Waals surface area contributed by atoms with Crippen LogP contribution in [0, 0.1) is 0 Å². The Balaban J connectivity index is 0.000000215. The fourth-order valence-electron chi connectivity index (χ4n) is 2.23. The van der Waals surface area contributed by atoms with E-state index >= 15 is 0 Å². The number of aromatic nitrogens is 6. The highest BCUT2D eigenvalue weighted by atomic mass is 19.4. The third-order valence-electron chi connectivity index (χ3n) is 3.96. The Morgan fingerprint density at radius 1 is 0.757 bits per heavy atom. The number of anilines is 2. The summed E-state index contributed by atoms with van der Waals surface area (Å²) in [5.74, 6) is -1.82. The van der Waals surface area contributed by atoms with Crippen molar-refractivity contribution in [1.82, 2.24) is 30.4 Å². The largest absolute Gasteiger partial charge is 0.475 e. The summed E-state index contributed by atoms with van der Waals surface area (Å²) in [5.41, 5.74) is 4.32. The molecule has 1 amide bonds. The van der Waals surface area contributed by atoms with Crippen molar-refractivity contribution < 1.29 is 41.0 Å². The van der Waals surface area contributed by atoms with Crippen LogP contribution in [0.4, 0.5) is 37.7 Å². The lowest BCUT2D eigenvalue weighted by Gasteiger charge is -2.07. The van der Waals surface area contributed by atoms with Gasteiger partial charge in [0.05, 0.1) is 11.1 Å². The Hall–Kier alpha value is -4.96. The quantitative estimate of drug-likeness (QED) is 0.196. The molecule has 0 aliphatic rings. The van der Waals surface area contributed by atoms with Crippen LogP contribution in [-0.4, -0.2) is 47.3 Å². The predicted molar refractivity (Wildman–Crippen MR) is 115 cm³/mol. The van der Waals surface area contributed by atoms with E-state index in [9.17, 15) is 35.9 Å². The number of alkyl halides is 6. The maximum Gasteiger partial charge on any atom is 0.416 e. The summed E-state index contributed by atoms with van der Waals surface area (Å²) in [6, 6.07) is 8.45. The number of carboxylic acids is 1. The average Bonchev–Trinajstić information content (AvgIpc) is 3.54. The molecule has 4 aromatic rings. The van der Waals surface area contributed by atoms with Gasteiger partial charge in [0, 0.05) is 11.4 Å². The first-order chi connectivity index (χ1) is 17.3. The van der Waals surface area contributed by atoms with Gasteiger partial charge in [0.2, 0.25) is 11.6 Å². The van der Waals surface area contributed by atoms with Crippen LogP contribution in [0.15, 0.2) is 61.2 Å². The Kier molecular flexibility index (Phi) is 9.28. The summed E-state index contributed by atoms with van der Waals surface area (Å²) in [4.78, 5) is 28.4. The molecule has 6 N–H and O–H groups in total. The standard InChI is InChI=1S/C10H7F3N4O.C7H6F3N.C3H3N3O2/c11-10(12,13)6-1-3-7(4-2-6)16-9(18)8-14-5-15-17-8;8-7(9,10)5-1-3-6(11)4-2-5;7-3(8)2-4-1-5-6-2/h1-5H,(H,16,18)(H,14,15,17);1-4H,11H2;1H,(H,7,8)(H,4,5,6). The molecule has 0 fully saturated rings. The van der Waals surface area contributed by atoms with E-state index in [1.165, 1.54) is 12.1 Å². The monoisotopic (exact) mass is 530 g/mol. The summed E-state index contributed by atoms with van der Waals surface area (Å²) in [5, 5.41) is 21.9. The van der Waals surface area contributed by atoms with E-state index < -0.39 is 35.4 Å². The highest BCUT2D eigenvalue weighted by Crippen LogP contribution is 2.30. The van der Waals surface area contributed by atoms with Crippen LogP contribution in [0.2, 0.25) is 0 Å². The number of nitrogens with zero attached hydrogens (tertiary/aromatic N) is 4. The minimum Gasteiger partial charge on any atom is -0.475 e. The number of hydrogen-bond acceptors (Lipinski definition) is 7. The van der Waals surface area contributed by atoms with E-state index in [2.05, 4.69) is 35.7 Å². The molecule has 0 atom stereocenters. The second-order valence-electron chi connectivity index (χ2n) is 6.62. The van der Waals surface area contributed by atoms with Gasteiger partial charge in [-0.05, 0) is 48.5 Å². The van der Waals surface area contributed by atoms with Gasteiger partial charge in [-0.2, -0.15) is 36.5 Å². The molecule has 196 valence electrons. The van der Waals surface area contributed by atoms with Crippen LogP contribution in [0.5, 0.6) is 0 Å². The molecule has 2 aromatic carbocycles. The topological polar surface area (TPSA) is 176 Å². The lowest BCUT2D eigenvalue weighted by molar-refractivity contribution is -0.138. The number of carbonyl (C=O) groups is 2. The van der Waals surface area contributed by atoms with Crippen LogP contribution in [0.25, 0.3) is 0 Å². The number of benzene rings is 2. The highest BCUT2D eigenvalue weighted by Gasteiger charge is 2.30. The second-order valence-corrected chi connectivity index (χ2v) is 6.62. The third kappa shape index (κ3) is 9.30. The number of carbonyl (C=O) groups excluding carboxylic acids is 1. The normalized spacial score (nSPS) is 10.9. The molecular formula is C20H16F6N8O3. The van der Waals surface area contributed by atoms with E-state index in [1.54, 1.807) is 0 Å². The van der Waals surface area contributed by atoms with E-state index in [4.69, 9.17) is 10.8 Å². The molecule has 0 aliphatic carbocycles. The van der Waals surface area contributed by atoms with Crippen molar-refractivity contribution in [3.63, 3.8) is 0 Å². The van der Waals surface area contributed by atoms with Crippen molar-refractivity contribution in [3.05, 3.63) is 84.0 Å². The Labute approximate surface area is 202 Å². The lowest BCUT2D eigenvalue weighted by atomic mass is 10.2. The van der Waals surface area contributed by atoms with Crippen LogP contribution < -0.4 is 11.1 Å². The Morgan fingerprint density at radius 2 is 1.19 bits per heavy atom. The van der Waals surface area contributed by atoms with Crippen LogP contribution >= 0.6 is 0 Å². The zero-order valence-corrected chi connectivity index (χ0v) is 18.2. The van der Waals surface area contributed by atoms with Crippen molar-refractivity contribution >= 4 is 23.3 Å². The first-order valence-electron chi connectivity index (χ1n) is 9.62. The Morgan fingerprint density at radius 3 is 1.54 bits per heavy atom. The van der Waals surface area contributed by atoms with Gasteiger partial charge in [-0.15, -0.1) is 0 Å². The fourth-order valence-corrected chi connectivity index (χ4v) is 2.23.